The monoisotopic (exact) mass is 694 g/mol. The Balaban J connectivity index is 1.13. The molecule has 2 aromatic heterocycles. The Morgan fingerprint density at radius 2 is 0.731 bits per heavy atom. The second-order valence-corrected chi connectivity index (χ2v) is 11.9. The van der Waals surface area contributed by atoms with Crippen molar-refractivity contribution in [3.63, 3.8) is 0 Å². The number of hydrogen-bond donors (Lipinski definition) is 0. The largest absolute Gasteiger partial charge is 0.493 e. The van der Waals surface area contributed by atoms with Gasteiger partial charge in [0.1, 0.15) is 11.5 Å². The highest BCUT2D eigenvalue weighted by molar-refractivity contribution is 5.97. The molecule has 8 nitrogen and oxygen atoms in total. The molecule has 0 N–H and O–H groups in total. The van der Waals surface area contributed by atoms with Gasteiger partial charge < -0.3 is 37.3 Å². The maximum absolute atomic E-state index is 6.32. The van der Waals surface area contributed by atoms with Crippen LogP contribution in [0.25, 0.3) is 68.9 Å². The molecule has 0 aliphatic heterocycles. The first-order valence-corrected chi connectivity index (χ1v) is 16.6. The molecule has 7 aromatic rings. The minimum absolute atomic E-state index is 0.629. The van der Waals surface area contributed by atoms with E-state index in [0.717, 1.165) is 44.2 Å². The van der Waals surface area contributed by atoms with Crippen molar-refractivity contribution in [1.29, 1.82) is 0 Å². The van der Waals surface area contributed by atoms with Gasteiger partial charge in [-0.3, -0.25) is 0 Å². The number of rotatable bonds is 12. The Hall–Kier alpha value is -6.54. The molecule has 0 saturated heterocycles. The molecule has 0 bridgehead atoms. The van der Waals surface area contributed by atoms with Gasteiger partial charge in [0.25, 0.3) is 0 Å². The van der Waals surface area contributed by atoms with E-state index < -0.39 is 0 Å². The average Bonchev–Trinajstić information content (AvgIpc) is 3.85. The number of methoxy groups -OCH3 is 6. The first kappa shape index (κ1) is 33.9. The maximum Gasteiger partial charge on any atom is 0.177 e. The number of hydrogen-bond acceptors (Lipinski definition) is 8. The molecule has 0 aliphatic carbocycles. The SMILES string of the molecule is COc1ccc(-c2cc3c(/C=C/c4ccc(/C=C/c5ccc(OC)c6oc(-c7ccc(OC)c(OC)c7)cc56)cc4)ccc(OC)c3o2)cc1OC. The smallest absolute Gasteiger partial charge is 0.177 e. The van der Waals surface area contributed by atoms with Crippen molar-refractivity contribution >= 4 is 46.2 Å². The molecule has 0 amide bonds. The van der Waals surface area contributed by atoms with Crippen molar-refractivity contribution in [2.24, 2.45) is 0 Å². The molecule has 0 radical (unpaired) electrons. The van der Waals surface area contributed by atoms with Crippen LogP contribution in [0.15, 0.2) is 106 Å². The molecule has 52 heavy (non-hydrogen) atoms. The van der Waals surface area contributed by atoms with Crippen LogP contribution in [0.2, 0.25) is 0 Å². The highest BCUT2D eigenvalue weighted by Gasteiger charge is 2.17. The average molecular weight is 695 g/mol. The fourth-order valence-electron chi connectivity index (χ4n) is 6.20. The zero-order chi connectivity index (χ0) is 36.2. The summed E-state index contributed by atoms with van der Waals surface area (Å²) < 4.78 is 45.7. The van der Waals surface area contributed by atoms with Gasteiger partial charge in [0.15, 0.2) is 45.7 Å². The summed E-state index contributed by atoms with van der Waals surface area (Å²) in [6.07, 6.45) is 8.35. The number of furan rings is 2. The van der Waals surface area contributed by atoms with Crippen molar-refractivity contribution in [3.8, 4) is 57.1 Å². The predicted molar refractivity (Wildman–Crippen MR) is 207 cm³/mol. The Morgan fingerprint density at radius 1 is 0.365 bits per heavy atom. The third-order valence-electron chi connectivity index (χ3n) is 8.99. The lowest BCUT2D eigenvalue weighted by Crippen LogP contribution is -1.90. The zero-order valence-corrected chi connectivity index (χ0v) is 29.8. The summed E-state index contributed by atoms with van der Waals surface area (Å²) in [5.74, 6) is 5.30. The lowest BCUT2D eigenvalue weighted by Gasteiger charge is -2.08. The molecule has 0 unspecified atom stereocenters. The third kappa shape index (κ3) is 6.54. The molecule has 5 aromatic carbocycles. The molecular formula is C44H38O8. The third-order valence-corrected chi connectivity index (χ3v) is 8.99. The minimum atomic E-state index is 0.629. The Labute approximate surface area is 302 Å². The van der Waals surface area contributed by atoms with Crippen molar-refractivity contribution < 1.29 is 37.3 Å². The fraction of sp³-hybridized carbons (Fsp3) is 0.136. The molecule has 0 fully saturated rings. The van der Waals surface area contributed by atoms with Crippen LogP contribution in [0.1, 0.15) is 22.3 Å². The van der Waals surface area contributed by atoms with Crippen LogP contribution >= 0.6 is 0 Å². The summed E-state index contributed by atoms with van der Waals surface area (Å²) in [5.41, 5.74) is 7.23. The van der Waals surface area contributed by atoms with Gasteiger partial charge in [-0.05, 0) is 82.9 Å². The summed E-state index contributed by atoms with van der Waals surface area (Å²) in [7, 11) is 9.75. The van der Waals surface area contributed by atoms with Gasteiger partial charge in [-0.1, -0.05) is 60.7 Å². The van der Waals surface area contributed by atoms with Crippen LogP contribution in [0.3, 0.4) is 0 Å². The van der Waals surface area contributed by atoms with Gasteiger partial charge in [0, 0.05) is 21.9 Å². The van der Waals surface area contributed by atoms with Crippen molar-refractivity contribution in [1.82, 2.24) is 0 Å². The molecule has 0 atom stereocenters. The lowest BCUT2D eigenvalue weighted by atomic mass is 10.0. The van der Waals surface area contributed by atoms with Crippen molar-refractivity contribution in [3.05, 3.63) is 119 Å². The second kappa shape index (κ2) is 14.7. The molecule has 2 heterocycles. The molecule has 0 aliphatic rings. The highest BCUT2D eigenvalue weighted by Crippen LogP contribution is 2.40. The van der Waals surface area contributed by atoms with Gasteiger partial charge in [-0.2, -0.15) is 0 Å². The predicted octanol–water partition coefficient (Wildman–Crippen LogP) is 10.9. The highest BCUT2D eigenvalue weighted by atomic mass is 16.5. The van der Waals surface area contributed by atoms with E-state index in [9.17, 15) is 0 Å². The molecule has 262 valence electrons. The van der Waals surface area contributed by atoms with Gasteiger partial charge in [-0.15, -0.1) is 0 Å². The topological polar surface area (TPSA) is 81.7 Å². The van der Waals surface area contributed by atoms with Crippen LogP contribution in [0.5, 0.6) is 34.5 Å². The van der Waals surface area contributed by atoms with E-state index in [0.29, 0.717) is 57.2 Å². The van der Waals surface area contributed by atoms with E-state index in [1.165, 1.54) is 0 Å². The van der Waals surface area contributed by atoms with Gasteiger partial charge in [0.2, 0.25) is 0 Å². The minimum Gasteiger partial charge on any atom is -0.493 e. The zero-order valence-electron chi connectivity index (χ0n) is 29.8. The lowest BCUT2D eigenvalue weighted by molar-refractivity contribution is 0.355. The number of fused-ring (bicyclic) bond motifs is 2. The Kier molecular flexibility index (Phi) is 9.62. The van der Waals surface area contributed by atoms with Gasteiger partial charge in [-0.25, -0.2) is 0 Å². The Morgan fingerprint density at radius 3 is 1.10 bits per heavy atom. The van der Waals surface area contributed by atoms with Crippen LogP contribution in [-0.4, -0.2) is 42.7 Å². The fourth-order valence-corrected chi connectivity index (χ4v) is 6.20. The van der Waals surface area contributed by atoms with Crippen molar-refractivity contribution in [2.75, 3.05) is 42.7 Å². The van der Waals surface area contributed by atoms with Crippen LogP contribution in [0, 0.1) is 0 Å². The summed E-state index contributed by atoms with van der Waals surface area (Å²) >= 11 is 0. The molecular weight excluding hydrogens is 656 g/mol. The number of benzene rings is 5. The van der Waals surface area contributed by atoms with E-state index in [1.54, 1.807) is 42.7 Å². The van der Waals surface area contributed by atoms with Crippen LogP contribution in [0.4, 0.5) is 0 Å². The molecule has 7 rings (SSSR count). The normalized spacial score (nSPS) is 11.5. The molecule has 0 saturated carbocycles. The van der Waals surface area contributed by atoms with E-state index in [-0.39, 0.29) is 0 Å². The van der Waals surface area contributed by atoms with Crippen molar-refractivity contribution in [2.45, 2.75) is 0 Å². The summed E-state index contributed by atoms with van der Waals surface area (Å²) in [6.45, 7) is 0. The van der Waals surface area contributed by atoms with Crippen LogP contribution < -0.4 is 28.4 Å². The Bertz CT molecular complexity index is 2260. The van der Waals surface area contributed by atoms with E-state index in [4.69, 9.17) is 37.3 Å². The van der Waals surface area contributed by atoms with E-state index in [1.807, 2.05) is 72.8 Å². The second-order valence-electron chi connectivity index (χ2n) is 11.9. The summed E-state index contributed by atoms with van der Waals surface area (Å²) in [5, 5.41) is 1.89. The van der Waals surface area contributed by atoms with E-state index in [2.05, 4.69) is 48.6 Å². The van der Waals surface area contributed by atoms with Crippen LogP contribution in [-0.2, 0) is 0 Å². The number of ether oxygens (including phenoxy) is 6. The first-order chi connectivity index (χ1) is 25.5. The molecule has 8 heteroatoms. The standard InChI is InChI=1S/C44H38O8/c1-45-35-19-17-31(23-41(35)49-5)39-25-33-29(15-21-37(47-3)43(33)51-39)13-11-27-7-9-28(10-8-27)12-14-30-16-22-38(48-4)44-34(30)26-40(52-44)32-18-20-36(46-2)42(24-32)50-6/h7-26H,1-6H3/b13-11+,14-12+. The summed E-state index contributed by atoms with van der Waals surface area (Å²) in [6, 6.07) is 31.8. The quantitative estimate of drug-likeness (QED) is 0.117. The molecule has 0 spiro atoms. The maximum atomic E-state index is 6.32. The van der Waals surface area contributed by atoms with Gasteiger partial charge >= 0.3 is 0 Å². The van der Waals surface area contributed by atoms with Gasteiger partial charge in [0.05, 0.1) is 42.7 Å². The summed E-state index contributed by atoms with van der Waals surface area (Å²) in [4.78, 5) is 0. The van der Waals surface area contributed by atoms with E-state index >= 15 is 0 Å². The first-order valence-electron chi connectivity index (χ1n) is 16.6.